The zero-order valence-electron chi connectivity index (χ0n) is 12.6. The molecule has 2 aromatic rings. The Labute approximate surface area is 143 Å². The number of carbonyl (C=O) groups excluding carboxylic acids is 2. The first-order valence-corrected chi connectivity index (χ1v) is 7.19. The predicted molar refractivity (Wildman–Crippen MR) is 89.0 cm³/mol. The Kier molecular flexibility index (Phi) is 5.81. The Morgan fingerprint density at radius 3 is 2.25 bits per heavy atom. The second-order valence-corrected chi connectivity index (χ2v) is 5.00. The number of methoxy groups -OCH3 is 1. The second kappa shape index (κ2) is 8.03. The Bertz CT molecular complexity index is 799. The highest BCUT2D eigenvalue weighted by Gasteiger charge is 2.24. The van der Waals surface area contributed by atoms with Gasteiger partial charge in [-0.25, -0.2) is 4.79 Å². The molecule has 0 fully saturated rings. The molecule has 0 saturated heterocycles. The van der Waals surface area contributed by atoms with E-state index < -0.39 is 23.2 Å². The fourth-order valence-electron chi connectivity index (χ4n) is 1.74. The normalized spacial score (nSPS) is 11.9. The topological polar surface area (TPSA) is 88.3 Å². The maximum absolute atomic E-state index is 12.1. The summed E-state index contributed by atoms with van der Waals surface area (Å²) in [4.78, 5) is 23.6. The Hall–Kier alpha value is -2.99. The summed E-state index contributed by atoms with van der Waals surface area (Å²) in [5.41, 5.74) is 0.197. The Balaban J connectivity index is 2.47. The van der Waals surface area contributed by atoms with Gasteiger partial charge in [-0.3, -0.25) is 4.79 Å². The fraction of sp³-hybridized carbons (Fsp3) is 0.0588. The van der Waals surface area contributed by atoms with Crippen LogP contribution in [0, 0.1) is 0 Å². The van der Waals surface area contributed by atoms with Crippen molar-refractivity contribution >= 4 is 34.8 Å². The first-order chi connectivity index (χ1) is 11.5. The van der Waals surface area contributed by atoms with Crippen molar-refractivity contribution in [1.29, 1.82) is 0 Å². The van der Waals surface area contributed by atoms with Crippen molar-refractivity contribution < 1.29 is 19.4 Å². The first-order valence-electron chi connectivity index (χ1n) is 6.81. The van der Waals surface area contributed by atoms with Crippen LogP contribution in [0.1, 0.15) is 5.56 Å². The maximum Gasteiger partial charge on any atom is 0.381 e. The summed E-state index contributed by atoms with van der Waals surface area (Å²) >= 11 is 5.79. The van der Waals surface area contributed by atoms with E-state index in [2.05, 4.69) is 15.0 Å². The minimum Gasteiger partial charge on any atom is -0.505 e. The molecule has 122 valence electrons. The van der Waals surface area contributed by atoms with Crippen molar-refractivity contribution in [3.05, 3.63) is 70.9 Å². The number of benzene rings is 2. The van der Waals surface area contributed by atoms with E-state index in [1.807, 2.05) is 0 Å². The lowest BCUT2D eigenvalue weighted by atomic mass is 10.1. The van der Waals surface area contributed by atoms with Gasteiger partial charge in [-0.1, -0.05) is 29.8 Å². The third kappa shape index (κ3) is 4.27. The molecule has 6 nitrogen and oxygen atoms in total. The third-order valence-corrected chi connectivity index (χ3v) is 3.20. The number of hydrogen-bond acceptors (Lipinski definition) is 6. The van der Waals surface area contributed by atoms with Crippen LogP contribution >= 0.6 is 11.6 Å². The molecule has 24 heavy (non-hydrogen) atoms. The van der Waals surface area contributed by atoms with Gasteiger partial charge in [-0.2, -0.15) is 5.11 Å². The van der Waals surface area contributed by atoms with Gasteiger partial charge in [-0.15, -0.1) is 5.11 Å². The van der Waals surface area contributed by atoms with E-state index in [4.69, 9.17) is 11.6 Å². The Morgan fingerprint density at radius 1 is 1.04 bits per heavy atom. The fourth-order valence-corrected chi connectivity index (χ4v) is 1.86. The highest BCUT2D eigenvalue weighted by molar-refractivity contribution is 6.41. The summed E-state index contributed by atoms with van der Waals surface area (Å²) in [6.07, 6.45) is 0. The SMILES string of the molecule is COC(=O)C(=O)/C(N=Nc1ccccc1)=C(\O)c1ccc(Cl)cc1. The smallest absolute Gasteiger partial charge is 0.381 e. The summed E-state index contributed by atoms with van der Waals surface area (Å²) in [6, 6.07) is 14.6. The van der Waals surface area contributed by atoms with Gasteiger partial charge in [0.05, 0.1) is 12.8 Å². The van der Waals surface area contributed by atoms with Crippen LogP contribution in [0.25, 0.3) is 5.76 Å². The number of aliphatic hydroxyl groups excluding tert-OH is 1. The van der Waals surface area contributed by atoms with E-state index in [0.717, 1.165) is 7.11 Å². The number of ether oxygens (including phenoxy) is 1. The molecule has 0 amide bonds. The average Bonchev–Trinajstić information content (AvgIpc) is 2.62. The average molecular weight is 345 g/mol. The third-order valence-electron chi connectivity index (χ3n) is 2.95. The van der Waals surface area contributed by atoms with Gasteiger partial charge in [0.2, 0.25) is 0 Å². The van der Waals surface area contributed by atoms with Crippen LogP contribution in [0.4, 0.5) is 5.69 Å². The molecule has 0 spiro atoms. The number of Topliss-reactive ketones (excluding diaryl/α,β-unsaturated/α-hetero) is 1. The number of esters is 1. The Morgan fingerprint density at radius 2 is 1.67 bits per heavy atom. The van der Waals surface area contributed by atoms with Crippen LogP contribution in [-0.2, 0) is 14.3 Å². The monoisotopic (exact) mass is 344 g/mol. The van der Waals surface area contributed by atoms with Gasteiger partial charge in [0, 0.05) is 10.6 Å². The van der Waals surface area contributed by atoms with Gasteiger partial charge in [0.25, 0.3) is 5.78 Å². The zero-order valence-corrected chi connectivity index (χ0v) is 13.4. The molecule has 1 N–H and O–H groups in total. The summed E-state index contributed by atoms with van der Waals surface area (Å²) in [5.74, 6) is -2.76. The first kappa shape index (κ1) is 17.4. The number of carbonyl (C=O) groups is 2. The van der Waals surface area contributed by atoms with Crippen molar-refractivity contribution in [2.45, 2.75) is 0 Å². The number of azo groups is 1. The van der Waals surface area contributed by atoms with Crippen LogP contribution in [0.2, 0.25) is 5.02 Å². The van der Waals surface area contributed by atoms with Crippen molar-refractivity contribution in [3.63, 3.8) is 0 Å². The van der Waals surface area contributed by atoms with Gasteiger partial charge in [0.15, 0.2) is 11.5 Å². The molecule has 0 radical (unpaired) electrons. The molecule has 0 heterocycles. The molecule has 0 atom stereocenters. The quantitative estimate of drug-likeness (QED) is 0.291. The van der Waals surface area contributed by atoms with Crippen LogP contribution < -0.4 is 0 Å². The number of rotatable bonds is 5. The second-order valence-electron chi connectivity index (χ2n) is 4.56. The molecule has 0 aromatic heterocycles. The van der Waals surface area contributed by atoms with E-state index in [1.54, 1.807) is 30.3 Å². The highest BCUT2D eigenvalue weighted by atomic mass is 35.5. The van der Waals surface area contributed by atoms with E-state index in [0.29, 0.717) is 10.7 Å². The lowest BCUT2D eigenvalue weighted by Crippen LogP contribution is -2.18. The molecular weight excluding hydrogens is 332 g/mol. The molecule has 0 unspecified atom stereocenters. The van der Waals surface area contributed by atoms with Crippen LogP contribution in [-0.4, -0.2) is 24.0 Å². The van der Waals surface area contributed by atoms with Crippen molar-refractivity contribution in [2.24, 2.45) is 10.2 Å². The van der Waals surface area contributed by atoms with Crippen LogP contribution in [0.3, 0.4) is 0 Å². The van der Waals surface area contributed by atoms with E-state index in [-0.39, 0.29) is 5.56 Å². The van der Waals surface area contributed by atoms with E-state index in [9.17, 15) is 14.7 Å². The van der Waals surface area contributed by atoms with E-state index in [1.165, 1.54) is 24.3 Å². The summed E-state index contributed by atoms with van der Waals surface area (Å²) in [6.45, 7) is 0. The van der Waals surface area contributed by atoms with Crippen molar-refractivity contribution in [1.82, 2.24) is 0 Å². The molecule has 0 bridgehead atoms. The molecule has 7 heteroatoms. The highest BCUT2D eigenvalue weighted by Crippen LogP contribution is 2.22. The minimum atomic E-state index is -1.16. The predicted octanol–water partition coefficient (Wildman–Crippen LogP) is 4.09. The largest absolute Gasteiger partial charge is 0.505 e. The molecule has 0 saturated carbocycles. The van der Waals surface area contributed by atoms with Gasteiger partial charge < -0.3 is 9.84 Å². The molecule has 2 aromatic carbocycles. The molecule has 2 rings (SSSR count). The van der Waals surface area contributed by atoms with E-state index >= 15 is 0 Å². The molecule has 0 aliphatic heterocycles. The standard InChI is InChI=1S/C17H13ClN2O4/c1-24-17(23)16(22)14(20-19-13-5-3-2-4-6-13)15(21)11-7-9-12(18)10-8-11/h2-10,21H,1H3/b15-14+,20-19?. The lowest BCUT2D eigenvalue weighted by Gasteiger charge is -2.05. The van der Waals surface area contributed by atoms with Crippen molar-refractivity contribution in [3.8, 4) is 0 Å². The van der Waals surface area contributed by atoms with Crippen molar-refractivity contribution in [2.75, 3.05) is 7.11 Å². The number of hydrogen-bond donors (Lipinski definition) is 1. The summed E-state index contributed by atoms with van der Waals surface area (Å²) < 4.78 is 4.39. The number of ketones is 1. The lowest BCUT2D eigenvalue weighted by molar-refractivity contribution is -0.149. The summed E-state index contributed by atoms with van der Waals surface area (Å²) in [7, 11) is 1.06. The minimum absolute atomic E-state index is 0.263. The van der Waals surface area contributed by atoms with Gasteiger partial charge in [0.1, 0.15) is 0 Å². The number of aliphatic hydroxyl groups is 1. The van der Waals surface area contributed by atoms with Crippen LogP contribution in [0.15, 0.2) is 70.5 Å². The zero-order chi connectivity index (χ0) is 17.5. The summed E-state index contributed by atoms with van der Waals surface area (Å²) in [5, 5.41) is 18.4. The molecule has 0 aliphatic rings. The van der Waals surface area contributed by atoms with Crippen LogP contribution in [0.5, 0.6) is 0 Å². The number of halogens is 1. The molecular formula is C17H13ClN2O4. The molecule has 0 aliphatic carbocycles. The van der Waals surface area contributed by atoms with Gasteiger partial charge in [-0.05, 0) is 36.4 Å². The van der Waals surface area contributed by atoms with Gasteiger partial charge >= 0.3 is 5.97 Å². The number of nitrogens with zero attached hydrogens (tertiary/aromatic N) is 2. The maximum atomic E-state index is 12.1.